The molecular weight excluding hydrogens is 342 g/mol. The monoisotopic (exact) mass is 369 g/mol. The van der Waals surface area contributed by atoms with E-state index in [9.17, 15) is 9.59 Å². The Morgan fingerprint density at radius 2 is 1.70 bits per heavy atom. The van der Waals surface area contributed by atoms with Crippen LogP contribution < -0.4 is 21.1 Å². The molecular formula is C21H27N3O3. The molecule has 0 bridgehead atoms. The molecule has 2 amide bonds. The van der Waals surface area contributed by atoms with Gasteiger partial charge in [-0.05, 0) is 31.0 Å². The van der Waals surface area contributed by atoms with Crippen LogP contribution in [-0.4, -0.2) is 24.4 Å². The van der Waals surface area contributed by atoms with E-state index in [2.05, 4.69) is 10.6 Å². The maximum absolute atomic E-state index is 12.0. The first-order valence-electron chi connectivity index (χ1n) is 8.99. The second-order valence-electron chi connectivity index (χ2n) is 6.79. The molecule has 1 atom stereocenters. The highest BCUT2D eigenvalue weighted by Crippen LogP contribution is 2.25. The van der Waals surface area contributed by atoms with Gasteiger partial charge in [-0.2, -0.15) is 0 Å². The first-order valence-corrected chi connectivity index (χ1v) is 8.99. The standard InChI is InChI=1S/C21H27N3O3/c1-14(2)20(22)21(26)24-13-19(25)23-12-16-6-4-5-7-18(16)27-17-10-8-15(3)9-11-17/h4-11,14,20H,12-13,22H2,1-3H3,(H,23,25)(H,24,26)/t20-/m0/s1. The van der Waals surface area contributed by atoms with Crippen LogP contribution in [-0.2, 0) is 16.1 Å². The van der Waals surface area contributed by atoms with Gasteiger partial charge in [0.2, 0.25) is 11.8 Å². The van der Waals surface area contributed by atoms with E-state index in [1.165, 1.54) is 0 Å². The normalized spacial score (nSPS) is 11.7. The van der Waals surface area contributed by atoms with Crippen molar-refractivity contribution in [1.82, 2.24) is 10.6 Å². The van der Waals surface area contributed by atoms with Crippen LogP contribution in [0.3, 0.4) is 0 Å². The molecule has 0 aliphatic rings. The van der Waals surface area contributed by atoms with Gasteiger partial charge in [-0.3, -0.25) is 9.59 Å². The Morgan fingerprint density at radius 1 is 1.04 bits per heavy atom. The quantitative estimate of drug-likeness (QED) is 0.666. The van der Waals surface area contributed by atoms with Gasteiger partial charge < -0.3 is 21.1 Å². The number of nitrogens with two attached hydrogens (primary N) is 1. The van der Waals surface area contributed by atoms with E-state index in [4.69, 9.17) is 10.5 Å². The van der Waals surface area contributed by atoms with Crippen molar-refractivity contribution in [3.8, 4) is 11.5 Å². The van der Waals surface area contributed by atoms with Crippen LogP contribution >= 0.6 is 0 Å². The highest BCUT2D eigenvalue weighted by molar-refractivity contribution is 5.87. The Labute approximate surface area is 160 Å². The third-order valence-corrected chi connectivity index (χ3v) is 4.14. The smallest absolute Gasteiger partial charge is 0.239 e. The number of aryl methyl sites for hydroxylation is 1. The fraction of sp³-hybridized carbons (Fsp3) is 0.333. The summed E-state index contributed by atoms with van der Waals surface area (Å²) in [7, 11) is 0. The van der Waals surface area contributed by atoms with Gasteiger partial charge in [-0.25, -0.2) is 0 Å². The van der Waals surface area contributed by atoms with Crippen LogP contribution in [0, 0.1) is 12.8 Å². The van der Waals surface area contributed by atoms with Gasteiger partial charge in [-0.1, -0.05) is 49.7 Å². The number of carbonyl (C=O) groups is 2. The molecule has 0 aliphatic carbocycles. The van der Waals surface area contributed by atoms with Crippen molar-refractivity contribution < 1.29 is 14.3 Å². The maximum Gasteiger partial charge on any atom is 0.239 e. The van der Waals surface area contributed by atoms with Crippen molar-refractivity contribution in [1.29, 1.82) is 0 Å². The van der Waals surface area contributed by atoms with Gasteiger partial charge in [0, 0.05) is 12.1 Å². The zero-order valence-corrected chi connectivity index (χ0v) is 16.0. The minimum Gasteiger partial charge on any atom is -0.457 e. The van der Waals surface area contributed by atoms with Gasteiger partial charge in [0.05, 0.1) is 12.6 Å². The van der Waals surface area contributed by atoms with Gasteiger partial charge in [-0.15, -0.1) is 0 Å². The molecule has 0 aromatic heterocycles. The van der Waals surface area contributed by atoms with Crippen molar-refractivity contribution in [2.24, 2.45) is 11.7 Å². The van der Waals surface area contributed by atoms with Crippen LogP contribution in [0.15, 0.2) is 48.5 Å². The number of hydrogen-bond acceptors (Lipinski definition) is 4. The molecule has 0 saturated carbocycles. The molecule has 6 heteroatoms. The second-order valence-corrected chi connectivity index (χ2v) is 6.79. The molecule has 0 spiro atoms. The molecule has 2 aromatic carbocycles. The molecule has 0 fully saturated rings. The van der Waals surface area contributed by atoms with E-state index < -0.39 is 6.04 Å². The largest absolute Gasteiger partial charge is 0.457 e. The lowest BCUT2D eigenvalue weighted by Gasteiger charge is -2.15. The summed E-state index contributed by atoms with van der Waals surface area (Å²) in [6, 6.07) is 14.6. The number of hydrogen-bond donors (Lipinski definition) is 3. The SMILES string of the molecule is Cc1ccc(Oc2ccccc2CNC(=O)CNC(=O)[C@@H](N)C(C)C)cc1. The van der Waals surface area contributed by atoms with Gasteiger partial charge in [0.1, 0.15) is 11.5 Å². The van der Waals surface area contributed by atoms with Crippen LogP contribution in [0.4, 0.5) is 0 Å². The highest BCUT2D eigenvalue weighted by atomic mass is 16.5. The van der Waals surface area contributed by atoms with Crippen LogP contribution in [0.25, 0.3) is 0 Å². The average molecular weight is 369 g/mol. The number of amides is 2. The molecule has 2 rings (SSSR count). The Hall–Kier alpha value is -2.86. The van der Waals surface area contributed by atoms with Crippen LogP contribution in [0.2, 0.25) is 0 Å². The summed E-state index contributed by atoms with van der Waals surface area (Å²) < 4.78 is 5.92. The van der Waals surface area contributed by atoms with E-state index in [0.29, 0.717) is 12.3 Å². The summed E-state index contributed by atoms with van der Waals surface area (Å²) in [4.78, 5) is 23.8. The van der Waals surface area contributed by atoms with E-state index in [1.54, 1.807) is 0 Å². The number of para-hydroxylation sites is 1. The Bertz CT molecular complexity index is 772. The molecule has 2 aromatic rings. The molecule has 0 saturated heterocycles. The predicted molar refractivity (Wildman–Crippen MR) is 105 cm³/mol. The van der Waals surface area contributed by atoms with Crippen molar-refractivity contribution in [2.75, 3.05) is 6.54 Å². The predicted octanol–water partition coefficient (Wildman–Crippen LogP) is 2.50. The number of benzene rings is 2. The van der Waals surface area contributed by atoms with E-state index in [0.717, 1.165) is 16.9 Å². The van der Waals surface area contributed by atoms with E-state index >= 15 is 0 Å². The number of ether oxygens (including phenoxy) is 1. The second kappa shape index (κ2) is 9.73. The Balaban J connectivity index is 1.89. The minimum atomic E-state index is -0.624. The number of nitrogens with one attached hydrogen (secondary N) is 2. The summed E-state index contributed by atoms with van der Waals surface area (Å²) in [5, 5.41) is 5.34. The van der Waals surface area contributed by atoms with Gasteiger partial charge in [0.15, 0.2) is 0 Å². The van der Waals surface area contributed by atoms with Gasteiger partial charge in [0.25, 0.3) is 0 Å². The van der Waals surface area contributed by atoms with Crippen molar-refractivity contribution in [3.63, 3.8) is 0 Å². The highest BCUT2D eigenvalue weighted by Gasteiger charge is 2.17. The van der Waals surface area contributed by atoms with E-state index in [-0.39, 0.29) is 24.3 Å². The fourth-order valence-corrected chi connectivity index (χ4v) is 2.33. The molecule has 144 valence electrons. The van der Waals surface area contributed by atoms with Crippen molar-refractivity contribution in [3.05, 3.63) is 59.7 Å². The lowest BCUT2D eigenvalue weighted by molar-refractivity contribution is -0.127. The first-order chi connectivity index (χ1) is 12.9. The average Bonchev–Trinajstić information content (AvgIpc) is 2.66. The molecule has 6 nitrogen and oxygen atoms in total. The third kappa shape index (κ3) is 6.42. The van der Waals surface area contributed by atoms with E-state index in [1.807, 2.05) is 69.3 Å². The number of carbonyl (C=O) groups excluding carboxylic acids is 2. The number of rotatable bonds is 8. The Morgan fingerprint density at radius 3 is 2.37 bits per heavy atom. The van der Waals surface area contributed by atoms with Crippen molar-refractivity contribution in [2.45, 2.75) is 33.4 Å². The lowest BCUT2D eigenvalue weighted by Crippen LogP contribution is -2.47. The Kier molecular flexibility index (Phi) is 7.37. The lowest BCUT2D eigenvalue weighted by atomic mass is 10.1. The topological polar surface area (TPSA) is 93.5 Å². The van der Waals surface area contributed by atoms with Crippen LogP contribution in [0.5, 0.6) is 11.5 Å². The maximum atomic E-state index is 12.0. The molecule has 0 unspecified atom stereocenters. The van der Waals surface area contributed by atoms with Gasteiger partial charge >= 0.3 is 0 Å². The first kappa shape index (κ1) is 20.5. The molecule has 0 radical (unpaired) electrons. The zero-order valence-electron chi connectivity index (χ0n) is 16.0. The molecule has 4 N–H and O–H groups in total. The van der Waals surface area contributed by atoms with Crippen molar-refractivity contribution >= 4 is 11.8 Å². The minimum absolute atomic E-state index is 0.0128. The zero-order chi connectivity index (χ0) is 19.8. The molecule has 27 heavy (non-hydrogen) atoms. The summed E-state index contributed by atoms with van der Waals surface area (Å²) in [6.07, 6.45) is 0. The molecule has 0 heterocycles. The summed E-state index contributed by atoms with van der Waals surface area (Å²) >= 11 is 0. The summed E-state index contributed by atoms with van der Waals surface area (Å²) in [5.74, 6) is 0.799. The third-order valence-electron chi connectivity index (χ3n) is 4.14. The summed E-state index contributed by atoms with van der Waals surface area (Å²) in [5.41, 5.74) is 7.75. The molecule has 0 aliphatic heterocycles. The fourth-order valence-electron chi connectivity index (χ4n) is 2.33. The van der Waals surface area contributed by atoms with Crippen LogP contribution in [0.1, 0.15) is 25.0 Å². The summed E-state index contributed by atoms with van der Waals surface area (Å²) in [6.45, 7) is 5.91.